The molecule has 2 aliphatic heterocycles. The second kappa shape index (κ2) is 12.0. The van der Waals surface area contributed by atoms with E-state index < -0.39 is 0 Å². The van der Waals surface area contributed by atoms with Crippen molar-refractivity contribution in [1.82, 2.24) is 10.2 Å². The Morgan fingerprint density at radius 1 is 0.846 bits per heavy atom. The average Bonchev–Trinajstić information content (AvgIpc) is 3.35. The van der Waals surface area contributed by atoms with Crippen LogP contribution in [0, 0.1) is 18.8 Å². The molecule has 39 heavy (non-hydrogen) atoms. The summed E-state index contributed by atoms with van der Waals surface area (Å²) in [5.74, 6) is -0.915. The Hall–Kier alpha value is -3.68. The molecule has 1 atom stereocenters. The largest absolute Gasteiger partial charge is 0.349 e. The molecule has 8 nitrogen and oxygen atoms in total. The van der Waals surface area contributed by atoms with E-state index in [0.29, 0.717) is 43.7 Å². The molecule has 2 heterocycles. The first kappa shape index (κ1) is 26.9. The van der Waals surface area contributed by atoms with Crippen molar-refractivity contribution in [2.45, 2.75) is 64.3 Å². The number of aryl methyl sites for hydroxylation is 1. The van der Waals surface area contributed by atoms with Gasteiger partial charge in [0.15, 0.2) is 0 Å². The number of piperidine rings is 1. The number of nitrogens with one attached hydrogen (secondary N) is 2. The maximum atomic E-state index is 13.2. The molecule has 0 spiro atoms. The van der Waals surface area contributed by atoms with Crippen LogP contribution in [0.5, 0.6) is 0 Å². The lowest BCUT2D eigenvalue weighted by atomic mass is 9.94. The molecule has 0 bridgehead atoms. The van der Waals surface area contributed by atoms with Gasteiger partial charge in [-0.1, -0.05) is 49.1 Å². The maximum absolute atomic E-state index is 13.2. The van der Waals surface area contributed by atoms with Crippen LogP contribution >= 0.6 is 0 Å². The van der Waals surface area contributed by atoms with E-state index in [2.05, 4.69) is 10.6 Å². The molecule has 8 heteroatoms. The standard InChI is InChI=1S/C31H38N4O4/c1-21-11-13-25(14-12-21)35-20-23(19-28(35)36)31(39)34-17-15-22(16-18-34)29(37)33-27-10-6-5-9-26(27)30(38)32-24-7-3-2-4-8-24/h5-6,9-14,22-24H,2-4,7-8,15-20H2,1H3,(H,32,38)(H,33,37). The number of nitrogens with zero attached hydrogens (tertiary/aromatic N) is 2. The summed E-state index contributed by atoms with van der Waals surface area (Å²) in [4.78, 5) is 55.4. The van der Waals surface area contributed by atoms with Gasteiger partial charge in [0, 0.05) is 43.7 Å². The molecule has 1 unspecified atom stereocenters. The minimum Gasteiger partial charge on any atom is -0.349 e. The summed E-state index contributed by atoms with van der Waals surface area (Å²) in [7, 11) is 0. The van der Waals surface area contributed by atoms with Crippen molar-refractivity contribution in [2.75, 3.05) is 29.9 Å². The summed E-state index contributed by atoms with van der Waals surface area (Å²) in [6.07, 6.45) is 6.79. The van der Waals surface area contributed by atoms with Gasteiger partial charge in [-0.2, -0.15) is 0 Å². The number of rotatable bonds is 6. The number of hydrogen-bond donors (Lipinski definition) is 2. The van der Waals surface area contributed by atoms with Gasteiger partial charge in [-0.25, -0.2) is 0 Å². The molecule has 5 rings (SSSR count). The smallest absolute Gasteiger partial charge is 0.253 e. The van der Waals surface area contributed by atoms with Gasteiger partial charge < -0.3 is 20.4 Å². The van der Waals surface area contributed by atoms with Crippen LogP contribution in [0.4, 0.5) is 11.4 Å². The molecule has 0 aromatic heterocycles. The number of carbonyl (C=O) groups is 4. The molecule has 0 radical (unpaired) electrons. The molecule has 2 aromatic rings. The Labute approximate surface area is 230 Å². The number of hydrogen-bond acceptors (Lipinski definition) is 4. The summed E-state index contributed by atoms with van der Waals surface area (Å²) in [6, 6.07) is 15.1. The monoisotopic (exact) mass is 530 g/mol. The minimum atomic E-state index is -0.362. The number of benzene rings is 2. The Morgan fingerprint density at radius 3 is 2.26 bits per heavy atom. The molecule has 2 aromatic carbocycles. The highest BCUT2D eigenvalue weighted by Gasteiger charge is 2.38. The fourth-order valence-electron chi connectivity index (χ4n) is 6.00. The quantitative estimate of drug-likeness (QED) is 0.582. The highest BCUT2D eigenvalue weighted by Crippen LogP contribution is 2.29. The molecule has 4 amide bonds. The van der Waals surface area contributed by atoms with E-state index in [-0.39, 0.29) is 47.9 Å². The third kappa shape index (κ3) is 6.32. The summed E-state index contributed by atoms with van der Waals surface area (Å²) in [5.41, 5.74) is 2.95. The minimum absolute atomic E-state index is 0.0125. The maximum Gasteiger partial charge on any atom is 0.253 e. The van der Waals surface area contributed by atoms with Gasteiger partial charge in [0.25, 0.3) is 5.91 Å². The predicted octanol–water partition coefficient (Wildman–Crippen LogP) is 4.29. The van der Waals surface area contributed by atoms with Gasteiger partial charge in [0.2, 0.25) is 17.7 Å². The first-order valence-electron chi connectivity index (χ1n) is 14.3. The van der Waals surface area contributed by atoms with Crippen molar-refractivity contribution in [3.8, 4) is 0 Å². The Morgan fingerprint density at radius 2 is 1.54 bits per heavy atom. The van der Waals surface area contributed by atoms with E-state index in [1.165, 1.54) is 6.42 Å². The highest BCUT2D eigenvalue weighted by molar-refractivity contribution is 6.04. The van der Waals surface area contributed by atoms with Gasteiger partial charge in [-0.15, -0.1) is 0 Å². The van der Waals surface area contributed by atoms with Crippen LogP contribution in [0.1, 0.15) is 67.3 Å². The first-order chi connectivity index (χ1) is 18.9. The lowest BCUT2D eigenvalue weighted by Crippen LogP contribution is -2.44. The molecule has 3 fully saturated rings. The van der Waals surface area contributed by atoms with Crippen molar-refractivity contribution < 1.29 is 19.2 Å². The second-order valence-electron chi connectivity index (χ2n) is 11.2. The van der Waals surface area contributed by atoms with E-state index in [4.69, 9.17) is 0 Å². The van der Waals surface area contributed by atoms with E-state index in [1.54, 1.807) is 21.9 Å². The molecule has 1 saturated carbocycles. The summed E-state index contributed by atoms with van der Waals surface area (Å²) in [6.45, 7) is 3.35. The number of para-hydroxylation sites is 1. The summed E-state index contributed by atoms with van der Waals surface area (Å²) in [5, 5.41) is 6.11. The van der Waals surface area contributed by atoms with Crippen LogP contribution in [0.15, 0.2) is 48.5 Å². The highest BCUT2D eigenvalue weighted by atomic mass is 16.2. The van der Waals surface area contributed by atoms with E-state index in [1.807, 2.05) is 43.3 Å². The van der Waals surface area contributed by atoms with Crippen molar-refractivity contribution >= 4 is 35.0 Å². The molecular formula is C31H38N4O4. The predicted molar refractivity (Wildman–Crippen MR) is 150 cm³/mol. The van der Waals surface area contributed by atoms with Crippen LogP contribution in [0.3, 0.4) is 0 Å². The van der Waals surface area contributed by atoms with Gasteiger partial charge in [-0.3, -0.25) is 19.2 Å². The fraction of sp³-hybridized carbons (Fsp3) is 0.484. The average molecular weight is 531 g/mol. The van der Waals surface area contributed by atoms with Gasteiger partial charge in [-0.05, 0) is 56.9 Å². The van der Waals surface area contributed by atoms with Crippen LogP contribution in [-0.2, 0) is 14.4 Å². The van der Waals surface area contributed by atoms with E-state index >= 15 is 0 Å². The Kier molecular flexibility index (Phi) is 8.29. The zero-order valence-electron chi connectivity index (χ0n) is 22.7. The second-order valence-corrected chi connectivity index (χ2v) is 11.2. The van der Waals surface area contributed by atoms with Crippen LogP contribution < -0.4 is 15.5 Å². The van der Waals surface area contributed by atoms with Crippen molar-refractivity contribution in [2.24, 2.45) is 11.8 Å². The normalized spacial score (nSPS) is 20.6. The summed E-state index contributed by atoms with van der Waals surface area (Å²) < 4.78 is 0. The topological polar surface area (TPSA) is 98.8 Å². The zero-order chi connectivity index (χ0) is 27.4. The number of anilines is 2. The zero-order valence-corrected chi connectivity index (χ0v) is 22.7. The molecular weight excluding hydrogens is 492 g/mol. The van der Waals surface area contributed by atoms with Crippen LogP contribution in [0.25, 0.3) is 0 Å². The van der Waals surface area contributed by atoms with E-state index in [0.717, 1.165) is 36.9 Å². The molecule has 3 aliphatic rings. The molecule has 2 N–H and O–H groups in total. The molecule has 206 valence electrons. The lowest BCUT2D eigenvalue weighted by Gasteiger charge is -2.33. The van der Waals surface area contributed by atoms with Crippen LogP contribution in [0.2, 0.25) is 0 Å². The van der Waals surface area contributed by atoms with E-state index in [9.17, 15) is 19.2 Å². The lowest BCUT2D eigenvalue weighted by molar-refractivity contribution is -0.138. The SMILES string of the molecule is Cc1ccc(N2CC(C(=O)N3CCC(C(=O)Nc4ccccc4C(=O)NC4CCCCC4)CC3)CC2=O)cc1. The Bertz CT molecular complexity index is 1210. The molecule has 2 saturated heterocycles. The number of amides is 4. The van der Waals surface area contributed by atoms with Crippen molar-refractivity contribution in [3.05, 3.63) is 59.7 Å². The van der Waals surface area contributed by atoms with Crippen LogP contribution in [-0.4, -0.2) is 54.2 Å². The number of carbonyl (C=O) groups excluding carboxylic acids is 4. The fourth-order valence-corrected chi connectivity index (χ4v) is 6.00. The number of likely N-dealkylation sites (tertiary alicyclic amines) is 1. The first-order valence-corrected chi connectivity index (χ1v) is 14.3. The van der Waals surface area contributed by atoms with Gasteiger partial charge in [0.05, 0.1) is 17.2 Å². The van der Waals surface area contributed by atoms with Crippen molar-refractivity contribution in [1.29, 1.82) is 0 Å². The Balaban J connectivity index is 1.13. The van der Waals surface area contributed by atoms with Gasteiger partial charge in [0.1, 0.15) is 0 Å². The third-order valence-corrected chi connectivity index (χ3v) is 8.37. The molecule has 1 aliphatic carbocycles. The summed E-state index contributed by atoms with van der Waals surface area (Å²) >= 11 is 0. The van der Waals surface area contributed by atoms with Crippen molar-refractivity contribution in [3.63, 3.8) is 0 Å². The van der Waals surface area contributed by atoms with Gasteiger partial charge >= 0.3 is 0 Å². The third-order valence-electron chi connectivity index (χ3n) is 8.37.